The number of H-pyrrole nitrogens is 1. The lowest BCUT2D eigenvalue weighted by molar-refractivity contribution is -0.133. The molecule has 19 heavy (non-hydrogen) atoms. The first-order valence-corrected chi connectivity index (χ1v) is 5.68. The van der Waals surface area contributed by atoms with E-state index >= 15 is 0 Å². The van der Waals surface area contributed by atoms with Gasteiger partial charge in [-0.15, -0.1) is 0 Å². The van der Waals surface area contributed by atoms with Gasteiger partial charge in [0.25, 0.3) is 5.56 Å². The van der Waals surface area contributed by atoms with Crippen molar-refractivity contribution >= 4 is 6.29 Å². The Morgan fingerprint density at radius 3 is 2.84 bits per heavy atom. The highest BCUT2D eigenvalue weighted by Crippen LogP contribution is 2.34. The maximum atomic E-state index is 11.7. The molecule has 0 saturated carbocycles. The number of aliphatic hydroxyl groups is 2. The first-order valence-electron chi connectivity index (χ1n) is 5.68. The number of ether oxygens (including phenoxy) is 1. The highest BCUT2D eigenvalue weighted by atomic mass is 16.5. The van der Waals surface area contributed by atoms with Crippen molar-refractivity contribution in [1.29, 1.82) is 0 Å². The van der Waals surface area contributed by atoms with Crippen LogP contribution in [0.4, 0.5) is 0 Å². The van der Waals surface area contributed by atoms with Gasteiger partial charge >= 0.3 is 5.69 Å². The smallest absolute Gasteiger partial charge is 0.330 e. The molecule has 104 valence electrons. The van der Waals surface area contributed by atoms with Crippen LogP contribution in [0.15, 0.2) is 15.8 Å². The average molecular weight is 270 g/mol. The van der Waals surface area contributed by atoms with Crippen molar-refractivity contribution in [3.63, 3.8) is 0 Å². The normalized spacial score (nSPS) is 30.5. The van der Waals surface area contributed by atoms with Crippen molar-refractivity contribution in [3.05, 3.63) is 32.6 Å². The maximum absolute atomic E-state index is 11.7. The number of nitrogens with one attached hydrogen (secondary N) is 1. The van der Waals surface area contributed by atoms with Crippen LogP contribution >= 0.6 is 0 Å². The maximum Gasteiger partial charge on any atom is 0.330 e. The molecule has 1 saturated heterocycles. The van der Waals surface area contributed by atoms with Gasteiger partial charge in [0.2, 0.25) is 0 Å². The molecule has 0 spiro atoms. The third-order valence-corrected chi connectivity index (χ3v) is 3.21. The molecule has 0 aliphatic carbocycles. The van der Waals surface area contributed by atoms with E-state index in [4.69, 9.17) is 9.84 Å². The van der Waals surface area contributed by atoms with Crippen LogP contribution in [-0.2, 0) is 9.53 Å². The fraction of sp³-hybridized carbons (Fsp3) is 0.545. The molecule has 1 aliphatic heterocycles. The molecule has 2 rings (SSSR count). The lowest BCUT2D eigenvalue weighted by Gasteiger charge is -2.19. The number of carbonyl (C=O) groups is 1. The Balaban J connectivity index is 2.40. The van der Waals surface area contributed by atoms with Crippen LogP contribution in [0.5, 0.6) is 0 Å². The van der Waals surface area contributed by atoms with Gasteiger partial charge in [0, 0.05) is 18.2 Å². The molecule has 1 aromatic heterocycles. The Labute approximate surface area is 107 Å². The summed E-state index contributed by atoms with van der Waals surface area (Å²) in [6.07, 6.45) is -0.619. The number of aryl methyl sites for hydroxylation is 1. The summed E-state index contributed by atoms with van der Waals surface area (Å²) in [5.74, 6) is 0. The van der Waals surface area contributed by atoms with Crippen LogP contribution in [0.1, 0.15) is 18.2 Å². The van der Waals surface area contributed by atoms with Crippen LogP contribution in [-0.4, -0.2) is 44.4 Å². The van der Waals surface area contributed by atoms with Gasteiger partial charge in [0.05, 0.1) is 6.61 Å². The molecule has 8 nitrogen and oxygen atoms in total. The Bertz CT molecular complexity index is 606. The van der Waals surface area contributed by atoms with Crippen molar-refractivity contribution in [2.24, 2.45) is 0 Å². The number of carbonyl (C=O) groups excluding carboxylic acids is 1. The van der Waals surface area contributed by atoms with Gasteiger partial charge in [0.15, 0.2) is 11.9 Å². The van der Waals surface area contributed by atoms with E-state index in [0.717, 1.165) is 4.57 Å². The number of aromatic nitrogens is 2. The van der Waals surface area contributed by atoms with E-state index in [-0.39, 0.29) is 12.7 Å². The van der Waals surface area contributed by atoms with Gasteiger partial charge in [-0.1, -0.05) is 0 Å². The lowest BCUT2D eigenvalue weighted by atomic mass is 9.97. The van der Waals surface area contributed by atoms with E-state index in [0.29, 0.717) is 5.56 Å². The van der Waals surface area contributed by atoms with E-state index in [1.54, 1.807) is 0 Å². The van der Waals surface area contributed by atoms with E-state index in [2.05, 4.69) is 4.98 Å². The number of rotatable bonds is 3. The average Bonchev–Trinajstić information content (AvgIpc) is 2.71. The minimum atomic E-state index is -1.84. The second-order valence-corrected chi connectivity index (χ2v) is 4.55. The summed E-state index contributed by atoms with van der Waals surface area (Å²) in [5.41, 5.74) is -2.76. The van der Waals surface area contributed by atoms with Crippen molar-refractivity contribution < 1.29 is 19.7 Å². The van der Waals surface area contributed by atoms with E-state index in [9.17, 15) is 19.5 Å². The predicted molar refractivity (Wildman–Crippen MR) is 62.7 cm³/mol. The van der Waals surface area contributed by atoms with Crippen LogP contribution in [0.2, 0.25) is 0 Å². The highest BCUT2D eigenvalue weighted by Gasteiger charge is 2.48. The lowest BCUT2D eigenvalue weighted by Crippen LogP contribution is -2.41. The Hall–Kier alpha value is -1.77. The molecule has 8 heteroatoms. The SMILES string of the molecule is Cc1cn([C@H]2C[C@@](O)(C=O)[C@@H](CO)O2)c(=O)[nH]c1=O. The molecule has 3 N–H and O–H groups in total. The number of hydrogen-bond acceptors (Lipinski definition) is 6. The summed E-state index contributed by atoms with van der Waals surface area (Å²) in [7, 11) is 0. The summed E-state index contributed by atoms with van der Waals surface area (Å²) in [5, 5.41) is 19.0. The summed E-state index contributed by atoms with van der Waals surface area (Å²) in [6, 6.07) is 0. The van der Waals surface area contributed by atoms with E-state index in [1.165, 1.54) is 13.1 Å². The standard InChI is InChI=1S/C11H14N2O6/c1-6-3-13(10(17)12-9(6)16)8-2-11(18,5-15)7(4-14)19-8/h3,5,7-8,14,18H,2,4H2,1H3,(H,12,16,17)/t7-,8-,11-/m1/s1. The molecule has 1 aromatic rings. The zero-order chi connectivity index (χ0) is 14.2. The highest BCUT2D eigenvalue weighted by molar-refractivity contribution is 5.64. The Kier molecular flexibility index (Phi) is 3.40. The van der Waals surface area contributed by atoms with Crippen LogP contribution in [0.25, 0.3) is 0 Å². The monoisotopic (exact) mass is 270 g/mol. The fourth-order valence-corrected chi connectivity index (χ4v) is 2.06. The minimum absolute atomic E-state index is 0.173. The molecule has 0 aromatic carbocycles. The summed E-state index contributed by atoms with van der Waals surface area (Å²) in [4.78, 5) is 35.9. The van der Waals surface area contributed by atoms with Crippen molar-refractivity contribution in [3.8, 4) is 0 Å². The Morgan fingerprint density at radius 1 is 1.63 bits per heavy atom. The van der Waals surface area contributed by atoms with Gasteiger partial charge in [-0.2, -0.15) is 0 Å². The van der Waals surface area contributed by atoms with E-state index < -0.39 is 35.8 Å². The van der Waals surface area contributed by atoms with Crippen LogP contribution < -0.4 is 11.2 Å². The van der Waals surface area contributed by atoms with Crippen LogP contribution in [0.3, 0.4) is 0 Å². The zero-order valence-corrected chi connectivity index (χ0v) is 10.2. The first-order chi connectivity index (χ1) is 8.91. The largest absolute Gasteiger partial charge is 0.394 e. The summed E-state index contributed by atoms with van der Waals surface area (Å²) < 4.78 is 6.37. The summed E-state index contributed by atoms with van der Waals surface area (Å²) >= 11 is 0. The zero-order valence-electron chi connectivity index (χ0n) is 10.2. The second kappa shape index (κ2) is 4.72. The second-order valence-electron chi connectivity index (χ2n) is 4.55. The van der Waals surface area contributed by atoms with E-state index in [1.807, 2.05) is 0 Å². The Morgan fingerprint density at radius 2 is 2.32 bits per heavy atom. The molecule has 2 heterocycles. The van der Waals surface area contributed by atoms with Gasteiger partial charge < -0.3 is 19.7 Å². The molecular formula is C11H14N2O6. The van der Waals surface area contributed by atoms with Crippen molar-refractivity contribution in [2.75, 3.05) is 6.61 Å². The van der Waals surface area contributed by atoms with Gasteiger partial charge in [-0.25, -0.2) is 4.79 Å². The van der Waals surface area contributed by atoms with Gasteiger partial charge in [-0.05, 0) is 6.92 Å². The molecule has 0 unspecified atom stereocenters. The van der Waals surface area contributed by atoms with Gasteiger partial charge in [-0.3, -0.25) is 14.3 Å². The molecule has 0 bridgehead atoms. The van der Waals surface area contributed by atoms with Crippen molar-refractivity contribution in [2.45, 2.75) is 31.3 Å². The quantitative estimate of drug-likeness (QED) is 0.549. The molecule has 3 atom stereocenters. The first kappa shape index (κ1) is 13.7. The number of aromatic amines is 1. The third-order valence-electron chi connectivity index (χ3n) is 3.21. The number of hydrogen-bond donors (Lipinski definition) is 3. The number of nitrogens with zero attached hydrogens (tertiary/aromatic N) is 1. The third kappa shape index (κ3) is 2.25. The molecule has 0 amide bonds. The minimum Gasteiger partial charge on any atom is -0.394 e. The predicted octanol–water partition coefficient (Wildman–Crippen LogP) is -1.95. The summed E-state index contributed by atoms with van der Waals surface area (Å²) in [6.45, 7) is 0.960. The molecule has 1 fully saturated rings. The van der Waals surface area contributed by atoms with Crippen LogP contribution in [0, 0.1) is 6.92 Å². The number of aldehydes is 1. The molecule has 0 radical (unpaired) electrons. The number of aliphatic hydroxyl groups excluding tert-OH is 1. The van der Waals surface area contributed by atoms with Crippen molar-refractivity contribution in [1.82, 2.24) is 9.55 Å². The van der Waals surface area contributed by atoms with Gasteiger partial charge in [0.1, 0.15) is 12.3 Å². The topological polar surface area (TPSA) is 122 Å². The molecule has 1 aliphatic rings. The molecular weight excluding hydrogens is 256 g/mol. The fourth-order valence-electron chi connectivity index (χ4n) is 2.06.